The third-order valence-electron chi connectivity index (χ3n) is 3.29. The maximum absolute atomic E-state index is 12.3. The van der Waals surface area contributed by atoms with E-state index in [4.69, 9.17) is 28.9 Å². The molecule has 4 nitrogen and oxygen atoms in total. The van der Waals surface area contributed by atoms with Crippen LogP contribution in [-0.4, -0.2) is 15.0 Å². The number of nitrogens with one attached hydrogen (secondary N) is 1. The number of benzene rings is 1. The lowest BCUT2D eigenvalue weighted by atomic mass is 9.91. The van der Waals surface area contributed by atoms with Gasteiger partial charge in [-0.15, -0.1) is 0 Å². The predicted octanol–water partition coefficient (Wildman–Crippen LogP) is 3.17. The van der Waals surface area contributed by atoms with Crippen molar-refractivity contribution in [1.29, 1.82) is 0 Å². The normalized spacial score (nSPS) is 12.7. The van der Waals surface area contributed by atoms with Crippen molar-refractivity contribution in [3.8, 4) is 0 Å². The van der Waals surface area contributed by atoms with E-state index in [1.165, 1.54) is 6.07 Å². The fourth-order valence-corrected chi connectivity index (χ4v) is 3.64. The van der Waals surface area contributed by atoms with Gasteiger partial charge in [0, 0.05) is 18.1 Å². The molecule has 20 heavy (non-hydrogen) atoms. The molecule has 0 radical (unpaired) electrons. The standard InChI is InChI=1S/C13H20Cl2N2O2S/c1-4-13(2,3)8-17-20(18,19)11-6-10(14)5-9(7-16)12(11)15/h5-6,17H,4,7-8,16H2,1-3H3. The van der Waals surface area contributed by atoms with Gasteiger partial charge >= 0.3 is 0 Å². The lowest BCUT2D eigenvalue weighted by Crippen LogP contribution is -2.33. The predicted molar refractivity (Wildman–Crippen MR) is 83.6 cm³/mol. The van der Waals surface area contributed by atoms with Crippen LogP contribution in [0, 0.1) is 5.41 Å². The van der Waals surface area contributed by atoms with Crippen molar-refractivity contribution in [3.63, 3.8) is 0 Å². The van der Waals surface area contributed by atoms with Crippen molar-refractivity contribution in [1.82, 2.24) is 4.72 Å². The molecule has 0 amide bonds. The molecule has 3 N–H and O–H groups in total. The topological polar surface area (TPSA) is 72.2 Å². The Morgan fingerprint density at radius 3 is 2.40 bits per heavy atom. The van der Waals surface area contributed by atoms with E-state index in [1.807, 2.05) is 20.8 Å². The van der Waals surface area contributed by atoms with E-state index in [9.17, 15) is 8.42 Å². The molecular formula is C13H20Cl2N2O2S. The average molecular weight is 339 g/mol. The second kappa shape index (κ2) is 6.62. The Morgan fingerprint density at radius 2 is 1.90 bits per heavy atom. The monoisotopic (exact) mass is 338 g/mol. The quantitative estimate of drug-likeness (QED) is 0.836. The number of hydrogen-bond acceptors (Lipinski definition) is 3. The molecule has 0 heterocycles. The van der Waals surface area contributed by atoms with Gasteiger partial charge in [0.1, 0.15) is 4.90 Å². The van der Waals surface area contributed by atoms with E-state index in [2.05, 4.69) is 4.72 Å². The molecule has 0 bridgehead atoms. The summed E-state index contributed by atoms with van der Waals surface area (Å²) in [5.74, 6) is 0. The van der Waals surface area contributed by atoms with Crippen LogP contribution in [0.2, 0.25) is 10.0 Å². The van der Waals surface area contributed by atoms with Gasteiger partial charge in [0.05, 0.1) is 5.02 Å². The fourth-order valence-electron chi connectivity index (χ4n) is 1.46. The van der Waals surface area contributed by atoms with Crippen molar-refractivity contribution >= 4 is 33.2 Å². The Morgan fingerprint density at radius 1 is 1.30 bits per heavy atom. The van der Waals surface area contributed by atoms with Crippen molar-refractivity contribution in [2.75, 3.05) is 6.54 Å². The van der Waals surface area contributed by atoms with Gasteiger partial charge < -0.3 is 5.73 Å². The summed E-state index contributed by atoms with van der Waals surface area (Å²) in [6.07, 6.45) is 0.854. The number of sulfonamides is 1. The summed E-state index contributed by atoms with van der Waals surface area (Å²) in [7, 11) is -3.71. The molecule has 0 saturated carbocycles. The van der Waals surface area contributed by atoms with Crippen molar-refractivity contribution < 1.29 is 8.42 Å². The van der Waals surface area contributed by atoms with Crippen LogP contribution in [0.25, 0.3) is 0 Å². The molecule has 0 aromatic heterocycles. The van der Waals surface area contributed by atoms with Crippen LogP contribution < -0.4 is 10.5 Å². The van der Waals surface area contributed by atoms with E-state index in [0.29, 0.717) is 17.1 Å². The van der Waals surface area contributed by atoms with Gasteiger partial charge in [-0.1, -0.05) is 44.0 Å². The molecule has 1 rings (SSSR count). The second-order valence-electron chi connectivity index (χ2n) is 5.42. The van der Waals surface area contributed by atoms with E-state index >= 15 is 0 Å². The van der Waals surface area contributed by atoms with E-state index in [0.717, 1.165) is 6.42 Å². The number of nitrogens with two attached hydrogens (primary N) is 1. The summed E-state index contributed by atoms with van der Waals surface area (Å²) >= 11 is 12.0. The molecule has 0 unspecified atom stereocenters. The Balaban J connectivity index is 3.13. The van der Waals surface area contributed by atoms with Crippen molar-refractivity contribution in [3.05, 3.63) is 27.7 Å². The molecule has 0 aliphatic rings. The number of hydrogen-bond donors (Lipinski definition) is 2. The largest absolute Gasteiger partial charge is 0.326 e. The molecule has 1 aromatic carbocycles. The van der Waals surface area contributed by atoms with Gasteiger partial charge in [-0.25, -0.2) is 13.1 Å². The minimum absolute atomic E-state index is 0.0287. The Kier molecular flexibility index (Phi) is 5.87. The zero-order chi connectivity index (χ0) is 15.6. The average Bonchev–Trinajstić information content (AvgIpc) is 2.39. The highest BCUT2D eigenvalue weighted by molar-refractivity contribution is 7.89. The molecule has 0 atom stereocenters. The first kappa shape index (κ1) is 17.7. The van der Waals surface area contributed by atoms with Crippen molar-refractivity contribution in [2.45, 2.75) is 38.6 Å². The lowest BCUT2D eigenvalue weighted by molar-refractivity contribution is 0.350. The highest BCUT2D eigenvalue weighted by Gasteiger charge is 2.24. The molecule has 0 aliphatic heterocycles. The third kappa shape index (κ3) is 4.33. The van der Waals surface area contributed by atoms with Gasteiger partial charge in [0.2, 0.25) is 10.0 Å². The first-order valence-corrected chi connectivity index (χ1v) is 8.54. The maximum atomic E-state index is 12.3. The molecule has 0 spiro atoms. The molecular weight excluding hydrogens is 319 g/mol. The maximum Gasteiger partial charge on any atom is 0.242 e. The van der Waals surface area contributed by atoms with Gasteiger partial charge in [0.25, 0.3) is 0 Å². The van der Waals surface area contributed by atoms with E-state index < -0.39 is 10.0 Å². The SMILES string of the molecule is CCC(C)(C)CNS(=O)(=O)c1cc(Cl)cc(CN)c1Cl. The molecule has 0 saturated heterocycles. The van der Waals surface area contributed by atoms with Gasteiger partial charge in [-0.2, -0.15) is 0 Å². The van der Waals surface area contributed by atoms with E-state index in [1.54, 1.807) is 6.07 Å². The summed E-state index contributed by atoms with van der Waals surface area (Å²) in [6.45, 7) is 6.43. The zero-order valence-electron chi connectivity index (χ0n) is 11.8. The number of halogens is 2. The lowest BCUT2D eigenvalue weighted by Gasteiger charge is -2.23. The van der Waals surface area contributed by atoms with Crippen LogP contribution >= 0.6 is 23.2 Å². The summed E-state index contributed by atoms with van der Waals surface area (Å²) < 4.78 is 27.3. The highest BCUT2D eigenvalue weighted by atomic mass is 35.5. The highest BCUT2D eigenvalue weighted by Crippen LogP contribution is 2.29. The first-order chi connectivity index (χ1) is 9.13. The molecule has 0 aliphatic carbocycles. The molecule has 7 heteroatoms. The molecule has 0 fully saturated rings. The van der Waals surface area contributed by atoms with Crippen LogP contribution in [0.3, 0.4) is 0 Å². The summed E-state index contributed by atoms with van der Waals surface area (Å²) in [5, 5.41) is 0.420. The van der Waals surface area contributed by atoms with Crippen LogP contribution in [0.4, 0.5) is 0 Å². The first-order valence-electron chi connectivity index (χ1n) is 6.30. The molecule has 1 aromatic rings. The molecule has 114 valence electrons. The van der Waals surface area contributed by atoms with Gasteiger partial charge in [-0.05, 0) is 29.5 Å². The minimum Gasteiger partial charge on any atom is -0.326 e. The summed E-state index contributed by atoms with van der Waals surface area (Å²) in [4.78, 5) is -0.0287. The van der Waals surface area contributed by atoms with Crippen LogP contribution in [0.5, 0.6) is 0 Å². The van der Waals surface area contributed by atoms with Gasteiger partial charge in [0.15, 0.2) is 0 Å². The number of rotatable bonds is 6. The fraction of sp³-hybridized carbons (Fsp3) is 0.538. The summed E-state index contributed by atoms with van der Waals surface area (Å²) in [5.41, 5.74) is 5.92. The van der Waals surface area contributed by atoms with Gasteiger partial charge in [-0.3, -0.25) is 0 Å². The van der Waals surface area contributed by atoms with Crippen LogP contribution in [0.15, 0.2) is 17.0 Å². The Labute approximate surface area is 130 Å². The zero-order valence-corrected chi connectivity index (χ0v) is 14.2. The van der Waals surface area contributed by atoms with Crippen LogP contribution in [0.1, 0.15) is 32.8 Å². The second-order valence-corrected chi connectivity index (χ2v) is 7.97. The third-order valence-corrected chi connectivity index (χ3v) is 5.49. The van der Waals surface area contributed by atoms with E-state index in [-0.39, 0.29) is 21.9 Å². The Hall–Kier alpha value is -0.330. The van der Waals surface area contributed by atoms with Crippen LogP contribution in [-0.2, 0) is 16.6 Å². The smallest absolute Gasteiger partial charge is 0.242 e. The van der Waals surface area contributed by atoms with Crippen molar-refractivity contribution in [2.24, 2.45) is 11.1 Å². The summed E-state index contributed by atoms with van der Waals surface area (Å²) in [6, 6.07) is 2.91. The Bertz CT molecular complexity index is 586. The minimum atomic E-state index is -3.71.